The van der Waals surface area contributed by atoms with Gasteiger partial charge in [0, 0.05) is 31.2 Å². The number of rotatable bonds is 4. The summed E-state index contributed by atoms with van der Waals surface area (Å²) >= 11 is 6.20. The summed E-state index contributed by atoms with van der Waals surface area (Å²) in [5.74, 6) is 0.673. The molecule has 1 aliphatic rings. The van der Waals surface area contributed by atoms with Gasteiger partial charge in [-0.3, -0.25) is 0 Å². The van der Waals surface area contributed by atoms with E-state index in [1.54, 1.807) is 10.9 Å². The van der Waals surface area contributed by atoms with Crippen molar-refractivity contribution in [2.45, 2.75) is 25.4 Å². The van der Waals surface area contributed by atoms with Crippen LogP contribution in [0.25, 0.3) is 5.82 Å². The van der Waals surface area contributed by atoms with E-state index in [2.05, 4.69) is 15.4 Å². The van der Waals surface area contributed by atoms with Crippen LogP contribution in [0, 0.1) is 0 Å². The van der Waals surface area contributed by atoms with Gasteiger partial charge in [-0.2, -0.15) is 5.10 Å². The van der Waals surface area contributed by atoms with Crippen LogP contribution >= 0.6 is 11.6 Å². The molecule has 1 fully saturated rings. The fourth-order valence-electron chi connectivity index (χ4n) is 1.68. The van der Waals surface area contributed by atoms with Gasteiger partial charge in [-0.1, -0.05) is 11.6 Å². The summed E-state index contributed by atoms with van der Waals surface area (Å²) in [5, 5.41) is 8.18. The lowest BCUT2D eigenvalue weighted by molar-refractivity contribution is 0.685. The summed E-state index contributed by atoms with van der Waals surface area (Å²) in [6.07, 6.45) is 7.95. The molecule has 88 valence electrons. The monoisotopic (exact) mass is 248 g/mol. The fourth-order valence-corrected chi connectivity index (χ4v) is 1.95. The van der Waals surface area contributed by atoms with Crippen molar-refractivity contribution in [1.82, 2.24) is 20.1 Å². The zero-order valence-corrected chi connectivity index (χ0v) is 10.1. The maximum absolute atomic E-state index is 6.20. The van der Waals surface area contributed by atoms with Gasteiger partial charge in [0.15, 0.2) is 5.82 Å². The number of pyridine rings is 1. The highest BCUT2D eigenvalue weighted by molar-refractivity contribution is 6.32. The molecule has 3 rings (SSSR count). The lowest BCUT2D eigenvalue weighted by Gasteiger charge is -2.06. The molecule has 1 aliphatic carbocycles. The third-order valence-electron chi connectivity index (χ3n) is 2.77. The first kappa shape index (κ1) is 10.7. The molecule has 5 heteroatoms. The van der Waals surface area contributed by atoms with Gasteiger partial charge in [-0.05, 0) is 30.5 Å². The molecule has 1 saturated carbocycles. The molecule has 0 aliphatic heterocycles. The van der Waals surface area contributed by atoms with E-state index in [9.17, 15) is 0 Å². The SMILES string of the molecule is Clc1cc(CNC2CC2)cnc1-n1cccn1. The van der Waals surface area contributed by atoms with Gasteiger partial charge in [0.05, 0.1) is 5.02 Å². The molecule has 17 heavy (non-hydrogen) atoms. The summed E-state index contributed by atoms with van der Waals surface area (Å²) in [7, 11) is 0. The summed E-state index contributed by atoms with van der Waals surface area (Å²) in [6, 6.07) is 4.49. The van der Waals surface area contributed by atoms with Crippen LogP contribution in [-0.4, -0.2) is 20.8 Å². The van der Waals surface area contributed by atoms with Crippen LogP contribution in [-0.2, 0) is 6.54 Å². The Hall–Kier alpha value is -1.39. The van der Waals surface area contributed by atoms with Crippen molar-refractivity contribution in [3.63, 3.8) is 0 Å². The van der Waals surface area contributed by atoms with Crippen LogP contribution in [0.4, 0.5) is 0 Å². The molecule has 1 N–H and O–H groups in total. The lowest BCUT2D eigenvalue weighted by Crippen LogP contribution is -2.15. The van der Waals surface area contributed by atoms with Gasteiger partial charge in [-0.15, -0.1) is 0 Å². The summed E-state index contributed by atoms with van der Waals surface area (Å²) in [4.78, 5) is 4.35. The lowest BCUT2D eigenvalue weighted by atomic mass is 10.3. The molecule has 0 radical (unpaired) electrons. The number of hydrogen-bond donors (Lipinski definition) is 1. The molecule has 0 atom stereocenters. The van der Waals surface area contributed by atoms with E-state index >= 15 is 0 Å². The van der Waals surface area contributed by atoms with E-state index in [0.29, 0.717) is 16.9 Å². The number of hydrogen-bond acceptors (Lipinski definition) is 3. The normalized spacial score (nSPS) is 15.1. The van der Waals surface area contributed by atoms with E-state index in [-0.39, 0.29) is 0 Å². The van der Waals surface area contributed by atoms with Crippen molar-refractivity contribution in [2.75, 3.05) is 0 Å². The highest BCUT2D eigenvalue weighted by Crippen LogP contribution is 2.21. The minimum absolute atomic E-state index is 0.629. The molecular weight excluding hydrogens is 236 g/mol. The number of nitrogens with zero attached hydrogens (tertiary/aromatic N) is 3. The Labute approximate surface area is 105 Å². The minimum atomic E-state index is 0.629. The Bertz CT molecular complexity index is 505. The Morgan fingerprint density at radius 3 is 3.00 bits per heavy atom. The molecular formula is C12H13ClN4. The van der Waals surface area contributed by atoms with Crippen LogP contribution in [0.15, 0.2) is 30.7 Å². The molecule has 0 aromatic carbocycles. The average molecular weight is 249 g/mol. The molecule has 2 aromatic rings. The Kier molecular flexibility index (Phi) is 2.82. The zero-order valence-electron chi connectivity index (χ0n) is 9.31. The second-order valence-electron chi connectivity index (χ2n) is 4.25. The van der Waals surface area contributed by atoms with Gasteiger partial charge in [0.1, 0.15) is 0 Å². The van der Waals surface area contributed by atoms with Gasteiger partial charge < -0.3 is 5.32 Å². The predicted octanol–water partition coefficient (Wildman–Crippen LogP) is 2.17. The number of nitrogens with one attached hydrogen (secondary N) is 1. The molecule has 0 amide bonds. The molecule has 0 spiro atoms. The first-order valence-electron chi connectivity index (χ1n) is 5.71. The maximum atomic E-state index is 6.20. The number of halogens is 1. The fraction of sp³-hybridized carbons (Fsp3) is 0.333. The first-order chi connectivity index (χ1) is 8.33. The smallest absolute Gasteiger partial charge is 0.172 e. The third kappa shape index (κ3) is 2.48. The van der Waals surface area contributed by atoms with Crippen LogP contribution in [0.1, 0.15) is 18.4 Å². The third-order valence-corrected chi connectivity index (χ3v) is 3.05. The van der Waals surface area contributed by atoms with Crippen LogP contribution < -0.4 is 5.32 Å². The summed E-state index contributed by atoms with van der Waals surface area (Å²) in [5.41, 5.74) is 1.11. The Morgan fingerprint density at radius 1 is 1.47 bits per heavy atom. The Morgan fingerprint density at radius 2 is 2.35 bits per heavy atom. The minimum Gasteiger partial charge on any atom is -0.310 e. The maximum Gasteiger partial charge on any atom is 0.172 e. The van der Waals surface area contributed by atoms with Gasteiger partial charge in [0.2, 0.25) is 0 Å². The highest BCUT2D eigenvalue weighted by atomic mass is 35.5. The molecule has 4 nitrogen and oxygen atoms in total. The quantitative estimate of drug-likeness (QED) is 0.902. The summed E-state index contributed by atoms with van der Waals surface area (Å²) < 4.78 is 1.67. The van der Waals surface area contributed by atoms with E-state index in [1.807, 2.05) is 24.5 Å². The molecule has 0 saturated heterocycles. The largest absolute Gasteiger partial charge is 0.310 e. The van der Waals surface area contributed by atoms with E-state index in [0.717, 1.165) is 12.1 Å². The van der Waals surface area contributed by atoms with Crippen molar-refractivity contribution < 1.29 is 0 Å². The average Bonchev–Trinajstić information content (AvgIpc) is 3.01. The predicted molar refractivity (Wildman–Crippen MR) is 66.2 cm³/mol. The van der Waals surface area contributed by atoms with Gasteiger partial charge >= 0.3 is 0 Å². The van der Waals surface area contributed by atoms with E-state index < -0.39 is 0 Å². The first-order valence-corrected chi connectivity index (χ1v) is 6.08. The second-order valence-corrected chi connectivity index (χ2v) is 4.66. The second kappa shape index (κ2) is 4.47. The van der Waals surface area contributed by atoms with E-state index in [1.165, 1.54) is 12.8 Å². The van der Waals surface area contributed by atoms with Crippen molar-refractivity contribution in [3.8, 4) is 5.82 Å². The van der Waals surface area contributed by atoms with Crippen molar-refractivity contribution in [2.24, 2.45) is 0 Å². The van der Waals surface area contributed by atoms with E-state index in [4.69, 9.17) is 11.6 Å². The number of aromatic nitrogens is 3. The molecule has 0 bridgehead atoms. The molecule has 2 aromatic heterocycles. The van der Waals surface area contributed by atoms with Crippen molar-refractivity contribution in [1.29, 1.82) is 0 Å². The van der Waals surface area contributed by atoms with Gasteiger partial charge in [-0.25, -0.2) is 9.67 Å². The molecule has 0 unspecified atom stereocenters. The highest BCUT2D eigenvalue weighted by Gasteiger charge is 2.20. The van der Waals surface area contributed by atoms with Gasteiger partial charge in [0.25, 0.3) is 0 Å². The molecule has 2 heterocycles. The standard InChI is InChI=1S/C12H13ClN4/c13-11-6-9(7-14-10-2-3-10)8-15-12(11)17-5-1-4-16-17/h1,4-6,8,10,14H,2-3,7H2. The van der Waals surface area contributed by atoms with Crippen LogP contribution in [0.3, 0.4) is 0 Å². The van der Waals surface area contributed by atoms with Crippen LogP contribution in [0.5, 0.6) is 0 Å². The van der Waals surface area contributed by atoms with Crippen molar-refractivity contribution in [3.05, 3.63) is 41.3 Å². The topological polar surface area (TPSA) is 42.7 Å². The summed E-state index contributed by atoms with van der Waals surface area (Å²) in [6.45, 7) is 0.830. The Balaban J connectivity index is 1.78. The zero-order chi connectivity index (χ0) is 11.7. The van der Waals surface area contributed by atoms with Crippen molar-refractivity contribution >= 4 is 11.6 Å². The van der Waals surface area contributed by atoms with Crippen LogP contribution in [0.2, 0.25) is 5.02 Å².